The Labute approximate surface area is 84.7 Å². The van der Waals surface area contributed by atoms with Crippen LogP contribution in [0, 0.1) is 23.2 Å². The lowest BCUT2D eigenvalue weighted by molar-refractivity contribution is -0.125. The molecular weight excluding hydrogens is 178 g/mol. The Kier molecular flexibility index (Phi) is 4.41. The van der Waals surface area contributed by atoms with Gasteiger partial charge >= 0.3 is 0 Å². The maximum Gasteiger partial charge on any atom is 0.224 e. The summed E-state index contributed by atoms with van der Waals surface area (Å²) in [7, 11) is 0. The molecule has 4 nitrogen and oxygen atoms in total. The fourth-order valence-corrected chi connectivity index (χ4v) is 1.52. The average Bonchev–Trinajstić information content (AvgIpc) is 2.26. The molecule has 0 saturated carbocycles. The van der Waals surface area contributed by atoms with Crippen molar-refractivity contribution in [2.45, 2.75) is 19.8 Å². The van der Waals surface area contributed by atoms with Crippen molar-refractivity contribution in [3.8, 4) is 6.07 Å². The summed E-state index contributed by atoms with van der Waals surface area (Å²) in [4.78, 5) is 11.6. The van der Waals surface area contributed by atoms with E-state index in [4.69, 9.17) is 5.26 Å². The minimum absolute atomic E-state index is 0.0827. The van der Waals surface area contributed by atoms with Crippen LogP contribution in [0.5, 0.6) is 0 Å². The molecule has 1 rings (SSSR count). The van der Waals surface area contributed by atoms with E-state index in [2.05, 4.69) is 16.7 Å². The van der Waals surface area contributed by atoms with Crippen LogP contribution in [0.2, 0.25) is 0 Å². The average molecular weight is 195 g/mol. The molecule has 2 atom stereocenters. The molecule has 0 spiro atoms. The molecule has 0 aromatic heterocycles. The van der Waals surface area contributed by atoms with E-state index in [1.807, 2.05) is 0 Å². The molecule has 4 heteroatoms. The van der Waals surface area contributed by atoms with Gasteiger partial charge in [-0.15, -0.1) is 0 Å². The Balaban J connectivity index is 2.24. The van der Waals surface area contributed by atoms with Crippen LogP contribution in [-0.4, -0.2) is 25.5 Å². The fraction of sp³-hybridized carbons (Fsp3) is 0.800. The van der Waals surface area contributed by atoms with E-state index in [1.54, 1.807) is 6.92 Å². The summed E-state index contributed by atoms with van der Waals surface area (Å²) in [6, 6.07) is 2.09. The molecule has 0 aromatic rings. The van der Waals surface area contributed by atoms with Crippen LogP contribution in [0.25, 0.3) is 0 Å². The summed E-state index contributed by atoms with van der Waals surface area (Å²) >= 11 is 0. The zero-order valence-electron chi connectivity index (χ0n) is 8.55. The number of rotatable bonds is 3. The Hall–Kier alpha value is -1.08. The monoisotopic (exact) mass is 195 g/mol. The van der Waals surface area contributed by atoms with E-state index in [1.165, 1.54) is 0 Å². The van der Waals surface area contributed by atoms with Gasteiger partial charge in [0.15, 0.2) is 0 Å². The van der Waals surface area contributed by atoms with Crippen molar-refractivity contribution in [1.82, 2.24) is 10.6 Å². The summed E-state index contributed by atoms with van der Waals surface area (Å²) in [5, 5.41) is 14.5. The lowest BCUT2D eigenvalue weighted by Gasteiger charge is -2.22. The van der Waals surface area contributed by atoms with Gasteiger partial charge in [-0.25, -0.2) is 0 Å². The molecule has 1 amide bonds. The number of carbonyl (C=O) groups excluding carboxylic acids is 1. The van der Waals surface area contributed by atoms with Crippen LogP contribution < -0.4 is 10.6 Å². The highest BCUT2D eigenvalue weighted by atomic mass is 16.1. The van der Waals surface area contributed by atoms with Crippen molar-refractivity contribution in [2.24, 2.45) is 11.8 Å². The molecule has 2 unspecified atom stereocenters. The first-order valence-electron chi connectivity index (χ1n) is 5.12. The second-order valence-electron chi connectivity index (χ2n) is 3.82. The molecule has 1 aliphatic heterocycles. The van der Waals surface area contributed by atoms with Crippen LogP contribution in [0.3, 0.4) is 0 Å². The van der Waals surface area contributed by atoms with Gasteiger partial charge in [-0.3, -0.25) is 4.79 Å². The summed E-state index contributed by atoms with van der Waals surface area (Å²) in [6.45, 7) is 4.05. The van der Waals surface area contributed by atoms with Gasteiger partial charge in [0.2, 0.25) is 5.91 Å². The number of nitrogens with zero attached hydrogens (tertiary/aromatic N) is 1. The quantitative estimate of drug-likeness (QED) is 0.679. The van der Waals surface area contributed by atoms with Crippen molar-refractivity contribution in [1.29, 1.82) is 5.26 Å². The van der Waals surface area contributed by atoms with Gasteiger partial charge in [0.25, 0.3) is 0 Å². The largest absolute Gasteiger partial charge is 0.355 e. The molecule has 1 aliphatic rings. The van der Waals surface area contributed by atoms with Crippen LogP contribution in [0.1, 0.15) is 19.8 Å². The highest BCUT2D eigenvalue weighted by Crippen LogP contribution is 2.09. The first kappa shape index (κ1) is 11.0. The lowest BCUT2D eigenvalue weighted by atomic mass is 9.99. The highest BCUT2D eigenvalue weighted by molar-refractivity contribution is 5.78. The van der Waals surface area contributed by atoms with Gasteiger partial charge in [-0.05, 0) is 26.3 Å². The molecule has 14 heavy (non-hydrogen) atoms. The van der Waals surface area contributed by atoms with Crippen molar-refractivity contribution in [2.75, 3.05) is 19.6 Å². The summed E-state index contributed by atoms with van der Waals surface area (Å²) in [5.41, 5.74) is 0. The number of piperidine rings is 1. The molecule has 0 radical (unpaired) electrons. The van der Waals surface area contributed by atoms with Gasteiger partial charge in [0, 0.05) is 13.1 Å². The molecule has 1 fully saturated rings. The van der Waals surface area contributed by atoms with Gasteiger partial charge in [-0.2, -0.15) is 5.26 Å². The third kappa shape index (κ3) is 3.35. The van der Waals surface area contributed by atoms with Gasteiger partial charge in [0.1, 0.15) is 0 Å². The van der Waals surface area contributed by atoms with Crippen LogP contribution in [0.15, 0.2) is 0 Å². The maximum absolute atomic E-state index is 11.6. The van der Waals surface area contributed by atoms with Crippen LogP contribution in [-0.2, 0) is 4.79 Å². The minimum atomic E-state index is -0.101. The van der Waals surface area contributed by atoms with E-state index in [0.717, 1.165) is 25.9 Å². The SMILES string of the molecule is CC(C#N)CNC(=O)C1CCCNC1. The predicted molar refractivity (Wildman–Crippen MR) is 53.4 cm³/mol. The summed E-state index contributed by atoms with van der Waals surface area (Å²) < 4.78 is 0. The third-order valence-corrected chi connectivity index (χ3v) is 2.47. The number of nitrogens with one attached hydrogen (secondary N) is 2. The van der Waals surface area contributed by atoms with Crippen LogP contribution in [0.4, 0.5) is 0 Å². The molecule has 2 N–H and O–H groups in total. The number of carbonyl (C=O) groups is 1. The topological polar surface area (TPSA) is 64.9 Å². The Bertz CT molecular complexity index is 228. The molecule has 0 aromatic carbocycles. The van der Waals surface area contributed by atoms with E-state index in [-0.39, 0.29) is 17.7 Å². The molecule has 0 bridgehead atoms. The van der Waals surface area contributed by atoms with Gasteiger partial charge in [-0.1, -0.05) is 0 Å². The van der Waals surface area contributed by atoms with Crippen molar-refractivity contribution < 1.29 is 4.79 Å². The Morgan fingerprint density at radius 3 is 3.14 bits per heavy atom. The van der Waals surface area contributed by atoms with Crippen molar-refractivity contribution in [3.05, 3.63) is 0 Å². The lowest BCUT2D eigenvalue weighted by Crippen LogP contribution is -2.41. The number of nitriles is 1. The first-order chi connectivity index (χ1) is 6.74. The second kappa shape index (κ2) is 5.61. The van der Waals surface area contributed by atoms with Gasteiger partial charge in [0.05, 0.1) is 17.9 Å². The highest BCUT2D eigenvalue weighted by Gasteiger charge is 2.20. The second-order valence-corrected chi connectivity index (χ2v) is 3.82. The normalized spacial score (nSPS) is 23.6. The molecule has 1 saturated heterocycles. The molecule has 0 aliphatic carbocycles. The molecular formula is C10H17N3O. The standard InChI is InChI=1S/C10H17N3O/c1-8(5-11)6-13-10(14)9-3-2-4-12-7-9/h8-9,12H,2-4,6-7H2,1H3,(H,13,14). The molecule has 78 valence electrons. The maximum atomic E-state index is 11.6. The number of hydrogen-bond donors (Lipinski definition) is 2. The minimum Gasteiger partial charge on any atom is -0.355 e. The van der Waals surface area contributed by atoms with Crippen LogP contribution >= 0.6 is 0 Å². The molecule has 1 heterocycles. The Morgan fingerprint density at radius 1 is 1.79 bits per heavy atom. The summed E-state index contributed by atoms with van der Waals surface area (Å²) in [6.07, 6.45) is 2.02. The van der Waals surface area contributed by atoms with E-state index in [0.29, 0.717) is 6.54 Å². The zero-order valence-corrected chi connectivity index (χ0v) is 8.55. The van der Waals surface area contributed by atoms with Gasteiger partial charge < -0.3 is 10.6 Å². The summed E-state index contributed by atoms with van der Waals surface area (Å²) in [5.74, 6) is 0.0736. The third-order valence-electron chi connectivity index (χ3n) is 2.47. The number of hydrogen-bond acceptors (Lipinski definition) is 3. The van der Waals surface area contributed by atoms with E-state index in [9.17, 15) is 4.79 Å². The predicted octanol–water partition coefficient (Wildman–Crippen LogP) is 0.262. The van der Waals surface area contributed by atoms with Crippen molar-refractivity contribution in [3.63, 3.8) is 0 Å². The fourth-order valence-electron chi connectivity index (χ4n) is 1.52. The smallest absolute Gasteiger partial charge is 0.224 e. The van der Waals surface area contributed by atoms with E-state index < -0.39 is 0 Å². The Morgan fingerprint density at radius 2 is 2.57 bits per heavy atom. The van der Waals surface area contributed by atoms with Crippen molar-refractivity contribution >= 4 is 5.91 Å². The zero-order chi connectivity index (χ0) is 10.4. The van der Waals surface area contributed by atoms with E-state index >= 15 is 0 Å². The first-order valence-corrected chi connectivity index (χ1v) is 5.12. The number of amides is 1.